The number of carbonyl (C=O) groups excluding carboxylic acids is 1. The number of rotatable bonds is 3. The molecule has 0 aromatic heterocycles. The summed E-state index contributed by atoms with van der Waals surface area (Å²) in [7, 11) is 1.34. The van der Waals surface area contributed by atoms with E-state index in [1.807, 2.05) is 6.07 Å². The monoisotopic (exact) mass is 345 g/mol. The van der Waals surface area contributed by atoms with E-state index in [1.165, 1.54) is 7.11 Å². The molecule has 5 heteroatoms. The minimum absolute atomic E-state index is 0.173. The highest BCUT2D eigenvalue weighted by atomic mass is 79.9. The summed E-state index contributed by atoms with van der Waals surface area (Å²) in [6.45, 7) is 0. The van der Waals surface area contributed by atoms with Crippen LogP contribution in [0.3, 0.4) is 0 Å². The van der Waals surface area contributed by atoms with Crippen LogP contribution in [0, 0.1) is 11.3 Å². The SMILES string of the molecule is COC(=O)Cc1cc(Br)c(CBr)c(C#N)c1. The van der Waals surface area contributed by atoms with Gasteiger partial charge in [-0.2, -0.15) is 5.26 Å². The number of alkyl halides is 1. The number of nitriles is 1. The summed E-state index contributed by atoms with van der Waals surface area (Å²) >= 11 is 6.69. The smallest absolute Gasteiger partial charge is 0.309 e. The van der Waals surface area contributed by atoms with Crippen LogP contribution in [-0.2, 0) is 21.3 Å². The van der Waals surface area contributed by atoms with Crippen molar-refractivity contribution in [3.05, 3.63) is 33.3 Å². The van der Waals surface area contributed by atoms with Crippen LogP contribution in [0.15, 0.2) is 16.6 Å². The number of esters is 1. The molecule has 0 N–H and O–H groups in total. The first-order valence-electron chi connectivity index (χ1n) is 4.46. The van der Waals surface area contributed by atoms with Crippen LogP contribution >= 0.6 is 31.9 Å². The molecule has 0 aliphatic rings. The first-order chi connectivity index (χ1) is 7.62. The van der Waals surface area contributed by atoms with Gasteiger partial charge in [0.05, 0.1) is 25.2 Å². The topological polar surface area (TPSA) is 50.1 Å². The van der Waals surface area contributed by atoms with Crippen molar-refractivity contribution in [3.63, 3.8) is 0 Å². The van der Waals surface area contributed by atoms with Crippen molar-refractivity contribution in [2.45, 2.75) is 11.8 Å². The van der Waals surface area contributed by atoms with E-state index < -0.39 is 0 Å². The van der Waals surface area contributed by atoms with Gasteiger partial charge in [-0.3, -0.25) is 4.79 Å². The first kappa shape index (κ1) is 13.2. The molecular weight excluding hydrogens is 338 g/mol. The molecule has 84 valence electrons. The van der Waals surface area contributed by atoms with Crippen molar-refractivity contribution in [1.82, 2.24) is 0 Å². The Hall–Kier alpha value is -0.860. The molecule has 0 aliphatic heterocycles. The average molecular weight is 347 g/mol. The molecule has 0 fully saturated rings. The van der Waals surface area contributed by atoms with E-state index in [9.17, 15) is 4.79 Å². The Morgan fingerprint density at radius 1 is 1.56 bits per heavy atom. The Balaban J connectivity index is 3.12. The molecule has 1 aromatic rings. The minimum Gasteiger partial charge on any atom is -0.469 e. The lowest BCUT2D eigenvalue weighted by atomic mass is 10.0. The van der Waals surface area contributed by atoms with Crippen LogP contribution in [0.1, 0.15) is 16.7 Å². The van der Waals surface area contributed by atoms with Crippen molar-refractivity contribution in [3.8, 4) is 6.07 Å². The van der Waals surface area contributed by atoms with Gasteiger partial charge in [0.15, 0.2) is 0 Å². The predicted octanol–water partition coefficient (Wildman–Crippen LogP) is 2.93. The van der Waals surface area contributed by atoms with Gasteiger partial charge >= 0.3 is 5.97 Å². The minimum atomic E-state index is -0.317. The van der Waals surface area contributed by atoms with Crippen molar-refractivity contribution >= 4 is 37.8 Å². The molecule has 0 saturated heterocycles. The van der Waals surface area contributed by atoms with E-state index in [-0.39, 0.29) is 12.4 Å². The summed E-state index contributed by atoms with van der Waals surface area (Å²) in [4.78, 5) is 11.1. The molecule has 0 radical (unpaired) electrons. The zero-order valence-corrected chi connectivity index (χ0v) is 11.8. The Morgan fingerprint density at radius 3 is 2.75 bits per heavy atom. The highest BCUT2D eigenvalue weighted by Crippen LogP contribution is 2.25. The summed E-state index contributed by atoms with van der Waals surface area (Å²) in [5.41, 5.74) is 2.21. The molecule has 0 amide bonds. The van der Waals surface area contributed by atoms with Crippen LogP contribution in [0.4, 0.5) is 0 Å². The van der Waals surface area contributed by atoms with Gasteiger partial charge in [0.1, 0.15) is 0 Å². The number of hydrogen-bond acceptors (Lipinski definition) is 3. The maximum atomic E-state index is 11.1. The van der Waals surface area contributed by atoms with Gasteiger partial charge in [-0.05, 0) is 23.3 Å². The molecule has 0 unspecified atom stereocenters. The van der Waals surface area contributed by atoms with E-state index in [0.717, 1.165) is 15.6 Å². The van der Waals surface area contributed by atoms with E-state index >= 15 is 0 Å². The normalized spacial score (nSPS) is 9.62. The second-order valence-electron chi connectivity index (χ2n) is 3.10. The fraction of sp³-hybridized carbons (Fsp3) is 0.273. The summed E-state index contributed by atoms with van der Waals surface area (Å²) in [5.74, 6) is -0.317. The van der Waals surface area contributed by atoms with Crippen molar-refractivity contribution < 1.29 is 9.53 Å². The van der Waals surface area contributed by atoms with Gasteiger partial charge in [-0.25, -0.2) is 0 Å². The molecule has 0 atom stereocenters. The fourth-order valence-electron chi connectivity index (χ4n) is 1.27. The summed E-state index contributed by atoms with van der Waals surface area (Å²) in [6, 6.07) is 5.64. The molecular formula is C11H9Br2NO2. The zero-order chi connectivity index (χ0) is 12.1. The number of methoxy groups -OCH3 is 1. The molecule has 0 aliphatic carbocycles. The third-order valence-corrected chi connectivity index (χ3v) is 3.35. The quantitative estimate of drug-likeness (QED) is 0.624. The number of carbonyl (C=O) groups is 1. The molecule has 0 spiro atoms. The number of ether oxygens (including phenoxy) is 1. The van der Waals surface area contributed by atoms with Crippen molar-refractivity contribution in [1.29, 1.82) is 5.26 Å². The van der Waals surface area contributed by atoms with Crippen LogP contribution in [-0.4, -0.2) is 13.1 Å². The highest BCUT2D eigenvalue weighted by molar-refractivity contribution is 9.10. The van der Waals surface area contributed by atoms with E-state index in [2.05, 4.69) is 42.7 Å². The van der Waals surface area contributed by atoms with Gasteiger partial charge in [0.25, 0.3) is 0 Å². The Labute approximate surface area is 111 Å². The third-order valence-electron chi connectivity index (χ3n) is 2.09. The Bertz CT molecular complexity index is 452. The summed E-state index contributed by atoms with van der Waals surface area (Å²) in [5, 5.41) is 9.57. The molecule has 0 heterocycles. The molecule has 16 heavy (non-hydrogen) atoms. The number of hydrogen-bond donors (Lipinski definition) is 0. The third kappa shape index (κ3) is 3.06. The second-order valence-corrected chi connectivity index (χ2v) is 4.52. The fourth-order valence-corrected chi connectivity index (χ4v) is 2.90. The predicted molar refractivity (Wildman–Crippen MR) is 67.2 cm³/mol. The molecule has 1 aromatic carbocycles. The van der Waals surface area contributed by atoms with Crippen molar-refractivity contribution in [2.75, 3.05) is 7.11 Å². The maximum absolute atomic E-state index is 11.1. The maximum Gasteiger partial charge on any atom is 0.309 e. The van der Waals surface area contributed by atoms with Gasteiger partial charge in [0, 0.05) is 9.80 Å². The lowest BCUT2D eigenvalue weighted by Crippen LogP contribution is -2.05. The van der Waals surface area contributed by atoms with Gasteiger partial charge < -0.3 is 4.74 Å². The zero-order valence-electron chi connectivity index (χ0n) is 8.59. The van der Waals surface area contributed by atoms with Crippen LogP contribution < -0.4 is 0 Å². The van der Waals surface area contributed by atoms with Crippen LogP contribution in [0.2, 0.25) is 0 Å². The van der Waals surface area contributed by atoms with Crippen molar-refractivity contribution in [2.24, 2.45) is 0 Å². The standard InChI is InChI=1S/C11H9Br2NO2/c1-16-11(15)4-7-2-8(6-14)9(5-12)10(13)3-7/h2-3H,4-5H2,1H3. The van der Waals surface area contributed by atoms with Crippen LogP contribution in [0.25, 0.3) is 0 Å². The summed E-state index contributed by atoms with van der Waals surface area (Å²) < 4.78 is 5.40. The second kappa shape index (κ2) is 6.02. The van der Waals surface area contributed by atoms with E-state index in [1.54, 1.807) is 6.07 Å². The lowest BCUT2D eigenvalue weighted by molar-refractivity contribution is -0.139. The number of benzene rings is 1. The highest BCUT2D eigenvalue weighted by Gasteiger charge is 2.10. The van der Waals surface area contributed by atoms with E-state index in [4.69, 9.17) is 5.26 Å². The Morgan fingerprint density at radius 2 is 2.25 bits per heavy atom. The largest absolute Gasteiger partial charge is 0.469 e. The number of nitrogens with zero attached hydrogens (tertiary/aromatic N) is 1. The molecule has 1 rings (SSSR count). The first-order valence-corrected chi connectivity index (χ1v) is 6.38. The number of halogens is 2. The van der Waals surface area contributed by atoms with Gasteiger partial charge in [-0.15, -0.1) is 0 Å². The summed E-state index contributed by atoms with van der Waals surface area (Å²) in [6.07, 6.45) is 0.173. The molecule has 3 nitrogen and oxygen atoms in total. The van der Waals surface area contributed by atoms with Gasteiger partial charge in [0.2, 0.25) is 0 Å². The molecule has 0 saturated carbocycles. The van der Waals surface area contributed by atoms with E-state index in [0.29, 0.717) is 10.9 Å². The van der Waals surface area contributed by atoms with Gasteiger partial charge in [-0.1, -0.05) is 31.9 Å². The van der Waals surface area contributed by atoms with Crippen LogP contribution in [0.5, 0.6) is 0 Å². The average Bonchev–Trinajstić information content (AvgIpc) is 2.28. The lowest BCUT2D eigenvalue weighted by Gasteiger charge is -2.07. The Kier molecular flexibility index (Phi) is 4.97. The molecule has 0 bridgehead atoms.